The van der Waals surface area contributed by atoms with Gasteiger partial charge in [-0.1, -0.05) is 30.3 Å². The Bertz CT molecular complexity index is 1020. The fourth-order valence-corrected chi connectivity index (χ4v) is 4.10. The zero-order chi connectivity index (χ0) is 27.4. The molecule has 3 amide bonds. The maximum absolute atomic E-state index is 13.4. The van der Waals surface area contributed by atoms with Crippen LogP contribution in [-0.2, 0) is 20.9 Å². The van der Waals surface area contributed by atoms with Gasteiger partial charge in [0.2, 0.25) is 5.91 Å². The van der Waals surface area contributed by atoms with Crippen molar-refractivity contribution in [2.24, 2.45) is 0 Å². The summed E-state index contributed by atoms with van der Waals surface area (Å²) < 4.78 is 10.6. The third-order valence-electron chi connectivity index (χ3n) is 6.01. The molecule has 1 aromatic heterocycles. The van der Waals surface area contributed by atoms with Gasteiger partial charge in [0, 0.05) is 50.8 Å². The highest BCUT2D eigenvalue weighted by Gasteiger charge is 2.29. The number of unbranched alkanes of at least 4 members (excludes halogenated alkanes) is 1. The number of pyridine rings is 1. The van der Waals surface area contributed by atoms with Crippen LogP contribution < -0.4 is 15.5 Å². The van der Waals surface area contributed by atoms with Crippen molar-refractivity contribution >= 4 is 23.8 Å². The number of alkyl carbamates (subject to hydrolysis) is 2. The van der Waals surface area contributed by atoms with Crippen LogP contribution in [0.3, 0.4) is 0 Å². The summed E-state index contributed by atoms with van der Waals surface area (Å²) in [6, 6.07) is 12.6. The zero-order valence-corrected chi connectivity index (χ0v) is 22.5. The minimum absolute atomic E-state index is 0.123. The second kappa shape index (κ2) is 14.2. The Balaban J connectivity index is 1.51. The molecule has 0 radical (unpaired) electrons. The number of amides is 3. The molecular formula is C28H39N5O5. The Morgan fingerprint density at radius 1 is 0.947 bits per heavy atom. The van der Waals surface area contributed by atoms with Crippen LogP contribution in [0, 0.1) is 0 Å². The van der Waals surface area contributed by atoms with Crippen molar-refractivity contribution in [3.63, 3.8) is 0 Å². The third kappa shape index (κ3) is 9.91. The molecule has 206 valence electrons. The number of nitrogens with one attached hydrogen (secondary N) is 2. The van der Waals surface area contributed by atoms with Gasteiger partial charge in [-0.3, -0.25) is 9.78 Å². The molecule has 1 atom stereocenters. The molecule has 2 heterocycles. The van der Waals surface area contributed by atoms with Gasteiger partial charge in [0.1, 0.15) is 18.2 Å². The number of carbonyl (C=O) groups is 3. The number of piperazine rings is 1. The molecular weight excluding hydrogens is 486 g/mol. The molecule has 2 N–H and O–H groups in total. The van der Waals surface area contributed by atoms with Crippen LogP contribution >= 0.6 is 0 Å². The largest absolute Gasteiger partial charge is 0.445 e. The molecule has 1 fully saturated rings. The normalized spacial score (nSPS) is 14.4. The van der Waals surface area contributed by atoms with Crippen molar-refractivity contribution < 1.29 is 23.9 Å². The maximum atomic E-state index is 13.4. The number of benzene rings is 1. The van der Waals surface area contributed by atoms with Crippen LogP contribution in [0.4, 0.5) is 15.3 Å². The molecule has 1 aromatic carbocycles. The second-order valence-electron chi connectivity index (χ2n) is 10.2. The summed E-state index contributed by atoms with van der Waals surface area (Å²) in [6.07, 6.45) is 4.10. The molecule has 10 heteroatoms. The van der Waals surface area contributed by atoms with Crippen molar-refractivity contribution in [3.8, 4) is 0 Å². The molecule has 10 nitrogen and oxygen atoms in total. The Morgan fingerprint density at radius 3 is 2.29 bits per heavy atom. The number of hydrogen-bond donors (Lipinski definition) is 2. The highest BCUT2D eigenvalue weighted by Crippen LogP contribution is 2.16. The molecule has 0 aliphatic carbocycles. The van der Waals surface area contributed by atoms with E-state index in [9.17, 15) is 14.4 Å². The van der Waals surface area contributed by atoms with Crippen LogP contribution in [0.25, 0.3) is 0 Å². The lowest BCUT2D eigenvalue weighted by molar-refractivity contribution is -0.133. The summed E-state index contributed by atoms with van der Waals surface area (Å²) in [5, 5.41) is 5.50. The minimum atomic E-state index is -0.715. The van der Waals surface area contributed by atoms with E-state index in [0.29, 0.717) is 52.0 Å². The average molecular weight is 526 g/mol. The monoisotopic (exact) mass is 525 g/mol. The smallest absolute Gasteiger partial charge is 0.408 e. The first-order chi connectivity index (χ1) is 18.2. The third-order valence-corrected chi connectivity index (χ3v) is 6.01. The summed E-state index contributed by atoms with van der Waals surface area (Å²) in [5.41, 5.74) is 1.38. The van der Waals surface area contributed by atoms with Crippen molar-refractivity contribution in [1.82, 2.24) is 20.5 Å². The van der Waals surface area contributed by atoms with Crippen LogP contribution in [0.5, 0.6) is 0 Å². The van der Waals surface area contributed by atoms with E-state index in [1.165, 1.54) is 0 Å². The Hall–Kier alpha value is -3.82. The molecule has 0 spiro atoms. The van der Waals surface area contributed by atoms with E-state index in [0.717, 1.165) is 11.3 Å². The topological polar surface area (TPSA) is 113 Å². The number of rotatable bonds is 10. The summed E-state index contributed by atoms with van der Waals surface area (Å²) >= 11 is 0. The summed E-state index contributed by atoms with van der Waals surface area (Å²) in [5.74, 6) is -0.129. The van der Waals surface area contributed by atoms with E-state index >= 15 is 0 Å². The highest BCUT2D eigenvalue weighted by molar-refractivity contribution is 5.86. The Kier molecular flexibility index (Phi) is 10.7. The van der Waals surface area contributed by atoms with Crippen LogP contribution in [-0.4, -0.2) is 72.3 Å². The Morgan fingerprint density at radius 2 is 1.63 bits per heavy atom. The SMILES string of the molecule is CC(C)(C)OC(=O)NCCCCC(NC(=O)OCc1ccccc1)C(=O)N1CCN(c2ccncc2)CC1. The van der Waals surface area contributed by atoms with Crippen molar-refractivity contribution in [3.05, 3.63) is 60.4 Å². The molecule has 3 rings (SSSR count). The molecule has 1 saturated heterocycles. The summed E-state index contributed by atoms with van der Waals surface area (Å²) in [7, 11) is 0. The van der Waals surface area contributed by atoms with Crippen molar-refractivity contribution in [1.29, 1.82) is 0 Å². The summed E-state index contributed by atoms with van der Waals surface area (Å²) in [4.78, 5) is 45.9. The molecule has 1 unspecified atom stereocenters. The number of nitrogens with zero attached hydrogens (tertiary/aromatic N) is 3. The van der Waals surface area contributed by atoms with Crippen molar-refractivity contribution in [2.45, 2.75) is 58.3 Å². The predicted molar refractivity (Wildman–Crippen MR) is 145 cm³/mol. The number of carbonyl (C=O) groups excluding carboxylic acids is 3. The van der Waals surface area contributed by atoms with E-state index in [-0.39, 0.29) is 12.5 Å². The second-order valence-corrected chi connectivity index (χ2v) is 10.2. The van der Waals surface area contributed by atoms with Gasteiger partial charge in [0.05, 0.1) is 0 Å². The van der Waals surface area contributed by atoms with E-state index in [2.05, 4.69) is 20.5 Å². The fraction of sp³-hybridized carbons (Fsp3) is 0.500. The first-order valence-corrected chi connectivity index (χ1v) is 13.1. The van der Waals surface area contributed by atoms with Gasteiger partial charge in [-0.2, -0.15) is 0 Å². The number of aromatic nitrogens is 1. The van der Waals surface area contributed by atoms with Crippen LogP contribution in [0.2, 0.25) is 0 Å². The first kappa shape index (κ1) is 28.7. The number of ether oxygens (including phenoxy) is 2. The molecule has 2 aromatic rings. The van der Waals surface area contributed by atoms with Gasteiger partial charge in [0.15, 0.2) is 0 Å². The maximum Gasteiger partial charge on any atom is 0.408 e. The Labute approximate surface area is 224 Å². The van der Waals surface area contributed by atoms with Gasteiger partial charge < -0.3 is 29.9 Å². The summed E-state index contributed by atoms with van der Waals surface area (Å²) in [6.45, 7) is 8.46. The van der Waals surface area contributed by atoms with Gasteiger partial charge in [0.25, 0.3) is 0 Å². The van der Waals surface area contributed by atoms with E-state index < -0.39 is 23.8 Å². The fourth-order valence-electron chi connectivity index (χ4n) is 4.10. The average Bonchev–Trinajstić information content (AvgIpc) is 2.91. The molecule has 38 heavy (non-hydrogen) atoms. The molecule has 0 bridgehead atoms. The van der Waals surface area contributed by atoms with Crippen LogP contribution in [0.15, 0.2) is 54.9 Å². The zero-order valence-electron chi connectivity index (χ0n) is 22.5. The van der Waals surface area contributed by atoms with E-state index in [4.69, 9.17) is 9.47 Å². The lowest BCUT2D eigenvalue weighted by Gasteiger charge is -2.37. The molecule has 0 saturated carbocycles. The van der Waals surface area contributed by atoms with Gasteiger partial charge in [-0.25, -0.2) is 9.59 Å². The van der Waals surface area contributed by atoms with Gasteiger partial charge in [-0.15, -0.1) is 0 Å². The van der Waals surface area contributed by atoms with Gasteiger partial charge in [-0.05, 0) is 57.7 Å². The van der Waals surface area contributed by atoms with Crippen molar-refractivity contribution in [2.75, 3.05) is 37.6 Å². The van der Waals surface area contributed by atoms with E-state index in [1.807, 2.05) is 63.2 Å². The number of hydrogen-bond acceptors (Lipinski definition) is 7. The quantitative estimate of drug-likeness (QED) is 0.455. The standard InChI is InChI=1S/C28H39N5O5/c1-28(2,3)38-26(35)30-14-8-7-11-24(31-27(36)37-21-22-9-5-4-6-10-22)25(34)33-19-17-32(18-20-33)23-12-15-29-16-13-23/h4-6,9-10,12-13,15-16,24H,7-8,11,14,17-21H2,1-3H3,(H,30,35)(H,31,36). The highest BCUT2D eigenvalue weighted by atomic mass is 16.6. The molecule has 1 aliphatic heterocycles. The lowest BCUT2D eigenvalue weighted by Crippen LogP contribution is -2.55. The first-order valence-electron chi connectivity index (χ1n) is 13.1. The van der Waals surface area contributed by atoms with E-state index in [1.54, 1.807) is 17.3 Å². The number of anilines is 1. The predicted octanol–water partition coefficient (Wildman–Crippen LogP) is 3.72. The molecule has 1 aliphatic rings. The lowest BCUT2D eigenvalue weighted by atomic mass is 10.1. The van der Waals surface area contributed by atoms with Gasteiger partial charge >= 0.3 is 12.2 Å². The van der Waals surface area contributed by atoms with Crippen LogP contribution in [0.1, 0.15) is 45.6 Å². The minimum Gasteiger partial charge on any atom is -0.445 e.